The van der Waals surface area contributed by atoms with Gasteiger partial charge in [0.15, 0.2) is 0 Å². The first-order valence-electron chi connectivity index (χ1n) is 12.1. The van der Waals surface area contributed by atoms with Gasteiger partial charge in [0.05, 0.1) is 11.5 Å². The lowest BCUT2D eigenvalue weighted by Gasteiger charge is -2.59. The van der Waals surface area contributed by atoms with Gasteiger partial charge in [0.1, 0.15) is 23.6 Å². The van der Waals surface area contributed by atoms with Crippen LogP contribution in [-0.2, 0) is 19.1 Å². The van der Waals surface area contributed by atoms with Crippen LogP contribution in [0.2, 0.25) is 0 Å². The van der Waals surface area contributed by atoms with Gasteiger partial charge >= 0.3 is 5.97 Å². The molecule has 1 N–H and O–H groups in total. The molecule has 5 aliphatic carbocycles. The molecule has 1 aliphatic heterocycles. The van der Waals surface area contributed by atoms with Crippen LogP contribution in [0, 0.1) is 45.8 Å². The second-order valence-corrected chi connectivity index (χ2v) is 12.9. The molecule has 5 saturated carbocycles. The number of Topliss-reactive ketones (excluding diaryl/α,β-unsaturated/α-hetero) is 1. The lowest BCUT2D eigenvalue weighted by Crippen LogP contribution is -2.63. The number of rotatable bonds is 1. The van der Waals surface area contributed by atoms with Gasteiger partial charge in [-0.15, -0.1) is 0 Å². The van der Waals surface area contributed by atoms with Crippen molar-refractivity contribution in [2.24, 2.45) is 45.8 Å². The Morgan fingerprint density at radius 1 is 1.20 bits per heavy atom. The zero-order valence-corrected chi connectivity index (χ0v) is 18.9. The van der Waals surface area contributed by atoms with Crippen LogP contribution in [-0.4, -0.2) is 40.8 Å². The number of epoxide rings is 1. The maximum atomic E-state index is 13.0. The number of ether oxygens (including phenoxy) is 2. The third-order valence-corrected chi connectivity index (χ3v) is 10.4. The predicted molar refractivity (Wildman–Crippen MR) is 109 cm³/mol. The summed E-state index contributed by atoms with van der Waals surface area (Å²) in [7, 11) is 0. The number of fused-ring (bicyclic) bond motifs is 6. The highest BCUT2D eigenvalue weighted by Gasteiger charge is 2.81. The second-order valence-electron chi connectivity index (χ2n) is 12.9. The van der Waals surface area contributed by atoms with Crippen molar-refractivity contribution >= 4 is 11.8 Å². The molecule has 6 fully saturated rings. The minimum absolute atomic E-state index is 0.0104. The van der Waals surface area contributed by atoms with Gasteiger partial charge in [0.2, 0.25) is 0 Å². The normalized spacial score (nSPS) is 58.0. The maximum absolute atomic E-state index is 13.0. The van der Waals surface area contributed by atoms with Gasteiger partial charge in [-0.25, -0.2) is 0 Å². The quantitative estimate of drug-likeness (QED) is 0.523. The molecule has 2 unspecified atom stereocenters. The summed E-state index contributed by atoms with van der Waals surface area (Å²) in [4.78, 5) is 25.5. The summed E-state index contributed by atoms with van der Waals surface area (Å²) in [5, 5.41) is 11.5. The lowest BCUT2D eigenvalue weighted by atomic mass is 9.43. The number of carbonyl (C=O) groups excluding carboxylic acids is 2. The van der Waals surface area contributed by atoms with Gasteiger partial charge in [-0.3, -0.25) is 9.59 Å². The molecule has 1 heterocycles. The summed E-state index contributed by atoms with van der Waals surface area (Å²) in [6, 6.07) is 0. The molecule has 0 bridgehead atoms. The van der Waals surface area contributed by atoms with E-state index in [9.17, 15) is 14.7 Å². The fourth-order valence-electron chi connectivity index (χ4n) is 8.70. The zero-order valence-electron chi connectivity index (χ0n) is 18.9. The number of hydrogen-bond donors (Lipinski definition) is 1. The smallest absolute Gasteiger partial charge is 0.311 e. The van der Waals surface area contributed by atoms with Crippen molar-refractivity contribution in [1.29, 1.82) is 0 Å². The standard InChI is InChI=1S/C25H36O5/c1-22(2,3)21(28)29-12-6-9-24(5)15-7-8-23(4)17(13-10-14(13)19(23)27)16(15)18(26)20-25(24,11-12)30-20/h12-18,20,26H,6-11H2,1-5H3/t12-,13+,14-,15?,16+,17?,18+,20+,23-,24+,25+/m0/s1. The third-order valence-electron chi connectivity index (χ3n) is 10.4. The van der Waals surface area contributed by atoms with E-state index in [0.29, 0.717) is 30.0 Å². The Bertz CT molecular complexity index is 830. The van der Waals surface area contributed by atoms with E-state index in [2.05, 4.69) is 13.8 Å². The summed E-state index contributed by atoms with van der Waals surface area (Å²) < 4.78 is 12.3. The van der Waals surface area contributed by atoms with Crippen LogP contribution in [0.4, 0.5) is 0 Å². The van der Waals surface area contributed by atoms with Crippen molar-refractivity contribution in [2.75, 3.05) is 0 Å². The van der Waals surface area contributed by atoms with Gasteiger partial charge in [-0.1, -0.05) is 13.8 Å². The molecule has 1 saturated heterocycles. The van der Waals surface area contributed by atoms with E-state index in [-0.39, 0.29) is 46.4 Å². The Morgan fingerprint density at radius 2 is 1.93 bits per heavy atom. The van der Waals surface area contributed by atoms with Crippen molar-refractivity contribution in [1.82, 2.24) is 0 Å². The van der Waals surface area contributed by atoms with Gasteiger partial charge in [0.25, 0.3) is 0 Å². The molecule has 6 aliphatic rings. The molecule has 5 heteroatoms. The molecule has 166 valence electrons. The van der Waals surface area contributed by atoms with Crippen molar-refractivity contribution in [2.45, 2.75) is 97.1 Å². The number of carbonyl (C=O) groups is 2. The second kappa shape index (κ2) is 5.51. The molecule has 0 aromatic carbocycles. The lowest BCUT2D eigenvalue weighted by molar-refractivity contribution is -0.174. The van der Waals surface area contributed by atoms with Gasteiger partial charge in [-0.05, 0) is 76.5 Å². The SMILES string of the molecule is CC(C)(C)C(=O)O[C@H]1CC[C@]2(C)C3CC[C@]4(C)C(=O)[C@H]5C[C@H]5C4[C@@H]3[C@@H](O)[C@H]3O[C@]32C1. The maximum Gasteiger partial charge on any atom is 0.311 e. The van der Waals surface area contributed by atoms with E-state index < -0.39 is 11.5 Å². The van der Waals surface area contributed by atoms with Crippen molar-refractivity contribution in [3.8, 4) is 0 Å². The van der Waals surface area contributed by atoms with E-state index in [1.807, 2.05) is 20.8 Å². The third kappa shape index (κ3) is 2.17. The topological polar surface area (TPSA) is 76.1 Å². The van der Waals surface area contributed by atoms with Crippen LogP contribution in [0.5, 0.6) is 0 Å². The number of hydrogen-bond acceptors (Lipinski definition) is 5. The van der Waals surface area contributed by atoms with E-state index in [1.54, 1.807) is 0 Å². The Morgan fingerprint density at radius 3 is 2.63 bits per heavy atom. The van der Waals surface area contributed by atoms with Gasteiger partial charge < -0.3 is 14.6 Å². The molecular formula is C25H36O5. The molecule has 5 nitrogen and oxygen atoms in total. The van der Waals surface area contributed by atoms with Gasteiger partial charge in [0, 0.05) is 23.2 Å². The number of aliphatic hydroxyl groups excluding tert-OH is 1. The molecule has 0 amide bonds. The molecule has 30 heavy (non-hydrogen) atoms. The van der Waals surface area contributed by atoms with Crippen LogP contribution in [0.25, 0.3) is 0 Å². The van der Waals surface area contributed by atoms with Crippen LogP contribution >= 0.6 is 0 Å². The van der Waals surface area contributed by atoms with Gasteiger partial charge in [-0.2, -0.15) is 0 Å². The van der Waals surface area contributed by atoms with E-state index in [1.165, 1.54) is 0 Å². The minimum Gasteiger partial charge on any atom is -0.462 e. The summed E-state index contributed by atoms with van der Waals surface area (Å²) in [6.07, 6.45) is 4.71. The van der Waals surface area contributed by atoms with Crippen molar-refractivity contribution in [3.63, 3.8) is 0 Å². The summed E-state index contributed by atoms with van der Waals surface area (Å²) in [5.74, 6) is 1.94. The highest BCUT2D eigenvalue weighted by molar-refractivity contribution is 5.92. The number of ketones is 1. The van der Waals surface area contributed by atoms with E-state index in [4.69, 9.17) is 9.47 Å². The van der Waals surface area contributed by atoms with Crippen LogP contribution < -0.4 is 0 Å². The Hall–Kier alpha value is -0.940. The molecule has 1 spiro atoms. The molecule has 6 rings (SSSR count). The van der Waals surface area contributed by atoms with Crippen LogP contribution in [0.3, 0.4) is 0 Å². The highest BCUT2D eigenvalue weighted by atomic mass is 16.6. The average molecular weight is 417 g/mol. The first-order valence-corrected chi connectivity index (χ1v) is 12.1. The largest absolute Gasteiger partial charge is 0.462 e. The van der Waals surface area contributed by atoms with Crippen molar-refractivity contribution in [3.05, 3.63) is 0 Å². The molecule has 0 aromatic heterocycles. The Balaban J connectivity index is 1.29. The Kier molecular flexibility index (Phi) is 3.62. The Labute approximate surface area is 179 Å². The summed E-state index contributed by atoms with van der Waals surface area (Å²) in [6.45, 7) is 10.2. The fraction of sp³-hybridized carbons (Fsp3) is 0.920. The van der Waals surface area contributed by atoms with Crippen molar-refractivity contribution < 1.29 is 24.2 Å². The predicted octanol–water partition coefficient (Wildman–Crippen LogP) is 3.51. The molecular weight excluding hydrogens is 380 g/mol. The molecule has 0 radical (unpaired) electrons. The molecule has 11 atom stereocenters. The number of esters is 1. The van der Waals surface area contributed by atoms with Crippen LogP contribution in [0.15, 0.2) is 0 Å². The fourth-order valence-corrected chi connectivity index (χ4v) is 8.70. The van der Waals surface area contributed by atoms with E-state index >= 15 is 0 Å². The highest BCUT2D eigenvalue weighted by Crippen LogP contribution is 2.76. The summed E-state index contributed by atoms with van der Waals surface area (Å²) >= 11 is 0. The van der Waals surface area contributed by atoms with Crippen LogP contribution in [0.1, 0.15) is 73.1 Å². The summed E-state index contributed by atoms with van der Waals surface area (Å²) in [5.41, 5.74) is -1.12. The number of aliphatic hydroxyl groups is 1. The first-order chi connectivity index (χ1) is 13.9. The van der Waals surface area contributed by atoms with E-state index in [0.717, 1.165) is 32.1 Å². The monoisotopic (exact) mass is 416 g/mol. The zero-order chi connectivity index (χ0) is 21.4. The minimum atomic E-state index is -0.511. The average Bonchev–Trinajstić information content (AvgIpc) is 3.56. The first kappa shape index (κ1) is 19.7. The molecule has 0 aromatic rings.